The summed E-state index contributed by atoms with van der Waals surface area (Å²) < 4.78 is 10.7. The zero-order valence-corrected chi connectivity index (χ0v) is 16.5. The topological polar surface area (TPSA) is 76.2 Å². The van der Waals surface area contributed by atoms with E-state index in [2.05, 4.69) is 0 Å². The van der Waals surface area contributed by atoms with Crippen molar-refractivity contribution >= 4 is 17.7 Å². The molecule has 0 radical (unpaired) electrons. The van der Waals surface area contributed by atoms with Crippen LogP contribution in [0.4, 0.5) is 0 Å². The quantitative estimate of drug-likeness (QED) is 0.529. The first kappa shape index (κ1) is 19.9. The van der Waals surface area contributed by atoms with Gasteiger partial charge in [0.25, 0.3) is 0 Å². The SMILES string of the molecule is COc1cccc(CN(C)C(=O)CCN2C(=O)[C@H]3CC=CC[C@H]3C2=O)c1OC. The lowest BCUT2D eigenvalue weighted by Crippen LogP contribution is -2.36. The Morgan fingerprint density at radius 1 is 1.11 bits per heavy atom. The van der Waals surface area contributed by atoms with Crippen LogP contribution in [0.25, 0.3) is 0 Å². The van der Waals surface area contributed by atoms with Crippen LogP contribution in [-0.2, 0) is 20.9 Å². The molecule has 1 aliphatic heterocycles. The molecule has 7 heteroatoms. The van der Waals surface area contributed by atoms with Gasteiger partial charge in [0.05, 0.1) is 26.1 Å². The van der Waals surface area contributed by atoms with Crippen LogP contribution >= 0.6 is 0 Å². The molecule has 28 heavy (non-hydrogen) atoms. The molecule has 7 nitrogen and oxygen atoms in total. The summed E-state index contributed by atoms with van der Waals surface area (Å²) in [6.45, 7) is 0.472. The van der Waals surface area contributed by atoms with Crippen molar-refractivity contribution in [2.24, 2.45) is 11.8 Å². The summed E-state index contributed by atoms with van der Waals surface area (Å²) in [6.07, 6.45) is 5.23. The number of benzene rings is 1. The molecule has 3 rings (SSSR count). The number of ether oxygens (including phenoxy) is 2. The number of carbonyl (C=O) groups is 3. The van der Waals surface area contributed by atoms with E-state index in [-0.39, 0.29) is 42.5 Å². The molecular formula is C21H26N2O5. The van der Waals surface area contributed by atoms with Gasteiger partial charge >= 0.3 is 0 Å². The van der Waals surface area contributed by atoms with Gasteiger partial charge in [0.1, 0.15) is 0 Å². The van der Waals surface area contributed by atoms with Crippen LogP contribution in [0.3, 0.4) is 0 Å². The van der Waals surface area contributed by atoms with Gasteiger partial charge in [0.15, 0.2) is 11.5 Å². The van der Waals surface area contributed by atoms with E-state index >= 15 is 0 Å². The smallest absolute Gasteiger partial charge is 0.233 e. The number of hydrogen-bond acceptors (Lipinski definition) is 5. The first-order valence-corrected chi connectivity index (χ1v) is 9.42. The second-order valence-electron chi connectivity index (χ2n) is 7.14. The van der Waals surface area contributed by atoms with Crippen LogP contribution in [0.15, 0.2) is 30.4 Å². The van der Waals surface area contributed by atoms with Crippen molar-refractivity contribution in [2.45, 2.75) is 25.8 Å². The van der Waals surface area contributed by atoms with E-state index in [9.17, 15) is 14.4 Å². The maximum Gasteiger partial charge on any atom is 0.233 e. The summed E-state index contributed by atoms with van der Waals surface area (Å²) in [5.74, 6) is 0.237. The van der Waals surface area contributed by atoms with Crippen LogP contribution in [0.2, 0.25) is 0 Å². The van der Waals surface area contributed by atoms with E-state index in [1.54, 1.807) is 32.2 Å². The maximum atomic E-state index is 12.6. The molecule has 1 saturated heterocycles. The Balaban J connectivity index is 1.60. The van der Waals surface area contributed by atoms with E-state index in [0.29, 0.717) is 30.9 Å². The summed E-state index contributed by atoms with van der Waals surface area (Å²) in [4.78, 5) is 40.4. The Hall–Kier alpha value is -2.83. The lowest BCUT2D eigenvalue weighted by Gasteiger charge is -2.21. The van der Waals surface area contributed by atoms with Crippen LogP contribution in [0.5, 0.6) is 11.5 Å². The third-order valence-electron chi connectivity index (χ3n) is 5.47. The van der Waals surface area contributed by atoms with Crippen LogP contribution in [-0.4, -0.2) is 55.3 Å². The fourth-order valence-corrected chi connectivity index (χ4v) is 3.91. The van der Waals surface area contributed by atoms with Gasteiger partial charge in [-0.25, -0.2) is 0 Å². The predicted molar refractivity (Wildman–Crippen MR) is 103 cm³/mol. The summed E-state index contributed by atoms with van der Waals surface area (Å²) in [5.41, 5.74) is 0.822. The van der Waals surface area contributed by atoms with Gasteiger partial charge in [-0.15, -0.1) is 0 Å². The number of para-hydroxylation sites is 1. The molecule has 2 atom stereocenters. The van der Waals surface area contributed by atoms with Crippen LogP contribution in [0.1, 0.15) is 24.8 Å². The van der Waals surface area contributed by atoms with E-state index < -0.39 is 0 Å². The predicted octanol–water partition coefficient (Wildman–Crippen LogP) is 2.00. The first-order chi connectivity index (χ1) is 13.5. The van der Waals surface area contributed by atoms with Crippen molar-refractivity contribution in [2.75, 3.05) is 27.8 Å². The van der Waals surface area contributed by atoms with Gasteiger partial charge in [0, 0.05) is 32.1 Å². The van der Waals surface area contributed by atoms with Crippen LogP contribution in [0, 0.1) is 11.8 Å². The minimum atomic E-state index is -0.258. The summed E-state index contributed by atoms with van der Waals surface area (Å²) >= 11 is 0. The summed E-state index contributed by atoms with van der Waals surface area (Å²) in [7, 11) is 4.81. The minimum Gasteiger partial charge on any atom is -0.493 e. The lowest BCUT2D eigenvalue weighted by molar-refractivity contribution is -0.140. The average Bonchev–Trinajstić information content (AvgIpc) is 2.96. The van der Waals surface area contributed by atoms with Gasteiger partial charge in [-0.05, 0) is 18.9 Å². The van der Waals surface area contributed by atoms with E-state index in [1.807, 2.05) is 24.3 Å². The molecule has 0 bridgehead atoms. The molecule has 0 spiro atoms. The zero-order chi connectivity index (χ0) is 20.3. The zero-order valence-electron chi connectivity index (χ0n) is 16.5. The van der Waals surface area contributed by atoms with Gasteiger partial charge in [-0.1, -0.05) is 24.3 Å². The van der Waals surface area contributed by atoms with Crippen molar-refractivity contribution in [1.82, 2.24) is 9.80 Å². The van der Waals surface area contributed by atoms with E-state index in [0.717, 1.165) is 5.56 Å². The highest BCUT2D eigenvalue weighted by atomic mass is 16.5. The highest BCUT2D eigenvalue weighted by molar-refractivity contribution is 6.05. The summed E-state index contributed by atoms with van der Waals surface area (Å²) in [5, 5.41) is 0. The highest BCUT2D eigenvalue weighted by Gasteiger charge is 2.46. The molecule has 0 N–H and O–H groups in total. The average molecular weight is 386 g/mol. The molecule has 1 fully saturated rings. The number of imide groups is 1. The third kappa shape index (κ3) is 3.74. The molecule has 0 unspecified atom stereocenters. The fourth-order valence-electron chi connectivity index (χ4n) is 3.91. The van der Waals surface area contributed by atoms with Crippen molar-refractivity contribution in [3.8, 4) is 11.5 Å². The van der Waals surface area contributed by atoms with Gasteiger partial charge in [0.2, 0.25) is 17.7 Å². The van der Waals surface area contributed by atoms with E-state index in [4.69, 9.17) is 9.47 Å². The van der Waals surface area contributed by atoms with Gasteiger partial charge in [-0.2, -0.15) is 0 Å². The Morgan fingerprint density at radius 3 is 2.32 bits per heavy atom. The van der Waals surface area contributed by atoms with Crippen molar-refractivity contribution < 1.29 is 23.9 Å². The Morgan fingerprint density at radius 2 is 1.75 bits per heavy atom. The fraction of sp³-hybridized carbons (Fsp3) is 0.476. The van der Waals surface area contributed by atoms with E-state index in [1.165, 1.54) is 4.90 Å². The second kappa shape index (κ2) is 8.46. The molecule has 0 saturated carbocycles. The molecule has 0 aromatic heterocycles. The molecule has 150 valence electrons. The standard InChI is InChI=1S/C21H26N2O5/c1-22(13-14-7-6-10-17(27-2)19(14)28-3)18(24)11-12-23-20(25)15-8-4-5-9-16(15)21(23)26/h4-7,10,15-16H,8-9,11-13H2,1-3H3/t15-,16+. The Bertz CT molecular complexity index is 778. The molecule has 1 heterocycles. The normalized spacial score (nSPS) is 20.9. The number of fused-ring (bicyclic) bond motifs is 1. The second-order valence-corrected chi connectivity index (χ2v) is 7.14. The van der Waals surface area contributed by atoms with Gasteiger partial charge in [-0.3, -0.25) is 19.3 Å². The monoisotopic (exact) mass is 386 g/mol. The molecule has 1 aliphatic carbocycles. The Labute approximate surface area is 164 Å². The van der Waals surface area contributed by atoms with Crippen LogP contribution < -0.4 is 9.47 Å². The molecule has 1 aromatic rings. The minimum absolute atomic E-state index is 0.104. The van der Waals surface area contributed by atoms with Gasteiger partial charge < -0.3 is 14.4 Å². The first-order valence-electron chi connectivity index (χ1n) is 9.42. The highest BCUT2D eigenvalue weighted by Crippen LogP contribution is 2.35. The van der Waals surface area contributed by atoms with Crippen molar-refractivity contribution in [3.63, 3.8) is 0 Å². The number of amides is 3. The number of allylic oxidation sites excluding steroid dienone is 2. The number of likely N-dealkylation sites (tertiary alicyclic amines) is 1. The number of rotatable bonds is 7. The van der Waals surface area contributed by atoms with Crippen molar-refractivity contribution in [1.29, 1.82) is 0 Å². The largest absolute Gasteiger partial charge is 0.493 e. The Kier molecular flexibility index (Phi) is 6.02. The lowest BCUT2D eigenvalue weighted by atomic mass is 9.85. The molecule has 3 amide bonds. The van der Waals surface area contributed by atoms with Crippen molar-refractivity contribution in [3.05, 3.63) is 35.9 Å². The summed E-state index contributed by atoms with van der Waals surface area (Å²) in [6, 6.07) is 5.51. The maximum absolute atomic E-state index is 12.6. The number of hydrogen-bond donors (Lipinski definition) is 0. The number of carbonyl (C=O) groups excluding carboxylic acids is 3. The number of methoxy groups -OCH3 is 2. The number of nitrogens with zero attached hydrogens (tertiary/aromatic N) is 2. The molecule has 1 aromatic carbocycles. The third-order valence-corrected chi connectivity index (χ3v) is 5.47. The molecule has 2 aliphatic rings. The molecular weight excluding hydrogens is 360 g/mol.